The summed E-state index contributed by atoms with van der Waals surface area (Å²) in [6, 6.07) is 45.8. The van der Waals surface area contributed by atoms with Crippen LogP contribution in [0.5, 0.6) is 0 Å². The second-order valence-electron chi connectivity index (χ2n) is 11.3. The first-order valence-corrected chi connectivity index (χ1v) is 14.1. The fraction of sp³-hybridized carbons (Fsp3) is 0.0789. The predicted molar refractivity (Wildman–Crippen MR) is 171 cm³/mol. The number of nitrogens with zero attached hydrogens (tertiary/aromatic N) is 3. The van der Waals surface area contributed by atoms with E-state index < -0.39 is 0 Å². The molecule has 1 aliphatic rings. The van der Waals surface area contributed by atoms with Gasteiger partial charge in [-0.1, -0.05) is 86.6 Å². The molecule has 0 bridgehead atoms. The van der Waals surface area contributed by atoms with Gasteiger partial charge in [-0.15, -0.1) is 0 Å². The highest BCUT2D eigenvalue weighted by atomic mass is 15.1. The molecule has 3 nitrogen and oxygen atoms in total. The zero-order valence-electron chi connectivity index (χ0n) is 23.1. The summed E-state index contributed by atoms with van der Waals surface area (Å²) in [4.78, 5) is 6.79. The molecule has 196 valence electrons. The minimum Gasteiger partial charge on any atom is -0.311 e. The van der Waals surface area contributed by atoms with E-state index in [1.165, 1.54) is 49.7 Å². The van der Waals surface area contributed by atoms with Crippen molar-refractivity contribution in [3.63, 3.8) is 0 Å². The van der Waals surface area contributed by atoms with E-state index in [1.54, 1.807) is 0 Å². The van der Waals surface area contributed by atoms with Gasteiger partial charge in [0.15, 0.2) is 0 Å². The Bertz CT molecular complexity index is 2010. The van der Waals surface area contributed by atoms with Crippen molar-refractivity contribution in [3.05, 3.63) is 151 Å². The summed E-state index contributed by atoms with van der Waals surface area (Å²) in [5.41, 5.74) is 12.1. The summed E-state index contributed by atoms with van der Waals surface area (Å²) >= 11 is 0. The van der Waals surface area contributed by atoms with E-state index in [-0.39, 0.29) is 5.41 Å². The Morgan fingerprint density at radius 2 is 1.24 bits per heavy atom. The van der Waals surface area contributed by atoms with Crippen LogP contribution in [0.15, 0.2) is 140 Å². The fourth-order valence-electron chi connectivity index (χ4n) is 6.62. The van der Waals surface area contributed by atoms with Gasteiger partial charge >= 0.3 is 0 Å². The number of fused-ring (bicyclic) bond motifs is 5. The zero-order chi connectivity index (χ0) is 27.6. The Morgan fingerprint density at radius 1 is 0.585 bits per heavy atom. The smallest absolute Gasteiger partial charge is 0.0582 e. The van der Waals surface area contributed by atoms with E-state index in [0.29, 0.717) is 0 Å². The van der Waals surface area contributed by atoms with E-state index in [4.69, 9.17) is 0 Å². The molecule has 3 heteroatoms. The highest BCUT2D eigenvalue weighted by Crippen LogP contribution is 2.47. The first kappa shape index (κ1) is 23.7. The summed E-state index contributed by atoms with van der Waals surface area (Å²) < 4.78 is 2.44. The minimum absolute atomic E-state index is 0.116. The first-order chi connectivity index (χ1) is 20.1. The largest absolute Gasteiger partial charge is 0.311 e. The Morgan fingerprint density at radius 3 is 1.95 bits per heavy atom. The maximum Gasteiger partial charge on any atom is 0.0582 e. The topological polar surface area (TPSA) is 21.1 Å². The third-order valence-electron chi connectivity index (χ3n) is 8.66. The van der Waals surface area contributed by atoms with E-state index in [9.17, 15) is 0 Å². The van der Waals surface area contributed by atoms with Crippen molar-refractivity contribution in [3.8, 4) is 16.8 Å². The van der Waals surface area contributed by atoms with Crippen LogP contribution >= 0.6 is 0 Å². The Hall–Kier alpha value is -5.15. The highest BCUT2D eigenvalue weighted by Gasteiger charge is 2.35. The molecule has 8 rings (SSSR count). The van der Waals surface area contributed by atoms with Crippen molar-refractivity contribution >= 4 is 38.9 Å². The summed E-state index contributed by atoms with van der Waals surface area (Å²) in [6.45, 7) is 4.62. The standard InChI is InChI=1S/C38H29N3/c1-38(2)33-15-9-14-31-32-24-27(18-21-35(32)41(37(31)33)36-22-23-39-25-34(36)38)26-16-19-30(20-17-26)40(28-10-5-3-6-11-28)29-12-7-4-8-13-29/h3-25H,1-2H3. The van der Waals surface area contributed by atoms with E-state index >= 15 is 0 Å². The number of rotatable bonds is 4. The first-order valence-electron chi connectivity index (χ1n) is 14.1. The molecule has 0 amide bonds. The van der Waals surface area contributed by atoms with Crippen molar-refractivity contribution in [2.75, 3.05) is 4.90 Å². The molecule has 2 aromatic heterocycles. The number of hydrogen-bond acceptors (Lipinski definition) is 2. The van der Waals surface area contributed by atoms with Crippen LogP contribution in [0, 0.1) is 0 Å². The lowest BCUT2D eigenvalue weighted by Gasteiger charge is -2.34. The Kier molecular flexibility index (Phi) is 5.17. The maximum absolute atomic E-state index is 4.49. The number of pyridine rings is 1. The van der Waals surface area contributed by atoms with Gasteiger partial charge in [0.1, 0.15) is 0 Å². The van der Waals surface area contributed by atoms with Crippen LogP contribution in [0.2, 0.25) is 0 Å². The van der Waals surface area contributed by atoms with Gasteiger partial charge in [-0.25, -0.2) is 0 Å². The molecular weight excluding hydrogens is 498 g/mol. The number of benzene rings is 5. The van der Waals surface area contributed by atoms with Crippen molar-refractivity contribution in [1.82, 2.24) is 9.55 Å². The normalized spacial score (nSPS) is 13.3. The average molecular weight is 528 g/mol. The molecule has 0 unspecified atom stereocenters. The van der Waals surface area contributed by atoms with Crippen LogP contribution in [-0.2, 0) is 5.41 Å². The number of para-hydroxylation sites is 3. The summed E-state index contributed by atoms with van der Waals surface area (Å²) in [5.74, 6) is 0. The predicted octanol–water partition coefficient (Wildman–Crippen LogP) is 9.95. The molecule has 3 heterocycles. The second-order valence-corrected chi connectivity index (χ2v) is 11.3. The van der Waals surface area contributed by atoms with Crippen LogP contribution in [0.4, 0.5) is 17.1 Å². The zero-order valence-corrected chi connectivity index (χ0v) is 23.1. The summed E-state index contributed by atoms with van der Waals surface area (Å²) in [5, 5.41) is 2.57. The van der Waals surface area contributed by atoms with Crippen LogP contribution in [0.1, 0.15) is 25.0 Å². The van der Waals surface area contributed by atoms with E-state index in [2.05, 4.69) is 156 Å². The molecule has 5 aromatic carbocycles. The molecule has 0 aliphatic carbocycles. The van der Waals surface area contributed by atoms with Crippen molar-refractivity contribution in [2.24, 2.45) is 0 Å². The number of aromatic nitrogens is 2. The SMILES string of the molecule is CC1(C)c2cnccc2-n2c3ccc(-c4ccc(N(c5ccccc5)c5ccccc5)cc4)cc3c3cccc1c32. The third kappa shape index (κ3) is 3.56. The molecule has 41 heavy (non-hydrogen) atoms. The summed E-state index contributed by atoms with van der Waals surface area (Å²) in [6.07, 6.45) is 3.94. The van der Waals surface area contributed by atoms with Crippen LogP contribution < -0.4 is 4.90 Å². The van der Waals surface area contributed by atoms with E-state index in [1.807, 2.05) is 12.4 Å². The van der Waals surface area contributed by atoms with Crippen LogP contribution in [0.3, 0.4) is 0 Å². The van der Waals surface area contributed by atoms with Gasteiger partial charge in [0.2, 0.25) is 0 Å². The minimum atomic E-state index is -0.116. The molecule has 7 aromatic rings. The maximum atomic E-state index is 4.49. The van der Waals surface area contributed by atoms with E-state index in [0.717, 1.165) is 17.1 Å². The quantitative estimate of drug-likeness (QED) is 0.227. The van der Waals surface area contributed by atoms with Crippen LogP contribution in [0.25, 0.3) is 38.6 Å². The van der Waals surface area contributed by atoms with Crippen molar-refractivity contribution in [2.45, 2.75) is 19.3 Å². The lowest BCUT2D eigenvalue weighted by atomic mass is 9.75. The Balaban J connectivity index is 1.26. The van der Waals surface area contributed by atoms with Crippen molar-refractivity contribution < 1.29 is 0 Å². The van der Waals surface area contributed by atoms with Crippen molar-refractivity contribution in [1.29, 1.82) is 0 Å². The fourth-order valence-corrected chi connectivity index (χ4v) is 6.62. The van der Waals surface area contributed by atoms with Gasteiger partial charge in [0.05, 0.1) is 16.7 Å². The molecule has 0 radical (unpaired) electrons. The van der Waals surface area contributed by atoms with Gasteiger partial charge in [0, 0.05) is 51.2 Å². The molecule has 0 saturated carbocycles. The molecule has 0 atom stereocenters. The lowest BCUT2D eigenvalue weighted by Crippen LogP contribution is -2.26. The second kappa shape index (κ2) is 8.94. The molecule has 0 fully saturated rings. The van der Waals surface area contributed by atoms with Gasteiger partial charge in [0.25, 0.3) is 0 Å². The third-order valence-corrected chi connectivity index (χ3v) is 8.66. The van der Waals surface area contributed by atoms with Gasteiger partial charge < -0.3 is 9.47 Å². The number of hydrogen-bond donors (Lipinski definition) is 0. The summed E-state index contributed by atoms with van der Waals surface area (Å²) in [7, 11) is 0. The molecule has 1 aliphatic heterocycles. The van der Waals surface area contributed by atoms with Gasteiger partial charge in [-0.3, -0.25) is 4.98 Å². The Labute approximate surface area is 240 Å². The monoisotopic (exact) mass is 527 g/mol. The molecule has 0 N–H and O–H groups in total. The van der Waals surface area contributed by atoms with Gasteiger partial charge in [-0.05, 0) is 71.3 Å². The van der Waals surface area contributed by atoms with Crippen LogP contribution in [-0.4, -0.2) is 9.55 Å². The van der Waals surface area contributed by atoms with Gasteiger partial charge in [-0.2, -0.15) is 0 Å². The molecule has 0 spiro atoms. The molecule has 0 saturated heterocycles. The molecular formula is C38H29N3. The average Bonchev–Trinajstić information content (AvgIpc) is 3.36. The lowest BCUT2D eigenvalue weighted by molar-refractivity contribution is 0.626. The number of anilines is 3. The highest BCUT2D eigenvalue weighted by molar-refractivity contribution is 6.12.